The molecule has 0 aliphatic carbocycles. The molecule has 0 saturated carbocycles. The number of hydrogen-bond donors (Lipinski definition) is 1. The number of carbonyl (C=O) groups excluding carboxylic acids is 1. The van der Waals surface area contributed by atoms with Crippen molar-refractivity contribution in [3.63, 3.8) is 0 Å². The van der Waals surface area contributed by atoms with Crippen molar-refractivity contribution in [3.8, 4) is 0 Å². The van der Waals surface area contributed by atoms with Crippen LogP contribution in [-0.2, 0) is 10.0 Å². The van der Waals surface area contributed by atoms with Crippen molar-refractivity contribution >= 4 is 27.5 Å². The number of amides is 1. The molecule has 164 valence electrons. The van der Waals surface area contributed by atoms with Crippen molar-refractivity contribution in [2.24, 2.45) is 4.40 Å². The largest absolute Gasteiger partial charge is 0.352 e. The summed E-state index contributed by atoms with van der Waals surface area (Å²) >= 11 is 0. The SMILES string of the molecule is O=C(NCCCN(C1=NS(=O)(=O)c2ccccc21)c1cccc(F)c1)c1ccc(F)cc1. The van der Waals surface area contributed by atoms with Crippen LogP contribution in [0.15, 0.2) is 82.1 Å². The number of sulfonamides is 1. The van der Waals surface area contributed by atoms with Gasteiger partial charge in [-0.05, 0) is 61.0 Å². The zero-order valence-corrected chi connectivity index (χ0v) is 17.6. The number of fused-ring (bicyclic) bond motifs is 1. The topological polar surface area (TPSA) is 78.8 Å². The highest BCUT2D eigenvalue weighted by Gasteiger charge is 2.32. The fourth-order valence-corrected chi connectivity index (χ4v) is 4.64. The molecule has 1 N–H and O–H groups in total. The van der Waals surface area contributed by atoms with Crippen LogP contribution in [0.3, 0.4) is 0 Å². The average molecular weight is 455 g/mol. The molecule has 6 nitrogen and oxygen atoms in total. The summed E-state index contributed by atoms with van der Waals surface area (Å²) < 4.78 is 55.9. The van der Waals surface area contributed by atoms with E-state index < -0.39 is 21.7 Å². The molecule has 0 bridgehead atoms. The summed E-state index contributed by atoms with van der Waals surface area (Å²) in [7, 11) is -3.85. The average Bonchev–Trinajstić information content (AvgIpc) is 3.05. The number of nitrogens with zero attached hydrogens (tertiary/aromatic N) is 2. The first kappa shape index (κ1) is 21.6. The molecule has 32 heavy (non-hydrogen) atoms. The van der Waals surface area contributed by atoms with E-state index in [1.165, 1.54) is 48.5 Å². The summed E-state index contributed by atoms with van der Waals surface area (Å²) in [6.07, 6.45) is 0.421. The van der Waals surface area contributed by atoms with Crippen LogP contribution in [0.25, 0.3) is 0 Å². The number of benzene rings is 3. The maximum Gasteiger partial charge on any atom is 0.285 e. The fraction of sp³-hybridized carbons (Fsp3) is 0.130. The molecular formula is C23H19F2N3O3S. The number of amidine groups is 1. The lowest BCUT2D eigenvalue weighted by molar-refractivity contribution is 0.0953. The zero-order chi connectivity index (χ0) is 22.7. The highest BCUT2D eigenvalue weighted by Crippen LogP contribution is 2.30. The Morgan fingerprint density at radius 1 is 0.938 bits per heavy atom. The van der Waals surface area contributed by atoms with Gasteiger partial charge in [0.05, 0.1) is 0 Å². The number of nitrogens with one attached hydrogen (secondary N) is 1. The number of anilines is 1. The normalized spacial score (nSPS) is 13.9. The van der Waals surface area contributed by atoms with Crippen molar-refractivity contribution in [1.82, 2.24) is 5.32 Å². The second-order valence-electron chi connectivity index (χ2n) is 7.13. The lowest BCUT2D eigenvalue weighted by atomic mass is 10.1. The monoisotopic (exact) mass is 455 g/mol. The van der Waals surface area contributed by atoms with E-state index in [1.54, 1.807) is 29.2 Å². The van der Waals surface area contributed by atoms with Crippen LogP contribution in [0.4, 0.5) is 14.5 Å². The maximum absolute atomic E-state index is 13.9. The quantitative estimate of drug-likeness (QED) is 0.575. The van der Waals surface area contributed by atoms with Gasteiger partial charge in [0, 0.05) is 29.9 Å². The van der Waals surface area contributed by atoms with Crippen LogP contribution < -0.4 is 10.2 Å². The molecular weight excluding hydrogens is 436 g/mol. The third kappa shape index (κ3) is 4.52. The minimum atomic E-state index is -3.85. The first-order valence-corrected chi connectivity index (χ1v) is 11.3. The molecule has 1 aliphatic heterocycles. The van der Waals surface area contributed by atoms with E-state index in [0.717, 1.165) is 0 Å². The number of halogens is 2. The molecule has 0 spiro atoms. The van der Waals surface area contributed by atoms with Crippen molar-refractivity contribution < 1.29 is 22.0 Å². The predicted molar refractivity (Wildman–Crippen MR) is 117 cm³/mol. The number of rotatable bonds is 6. The van der Waals surface area contributed by atoms with Gasteiger partial charge in [0.15, 0.2) is 5.84 Å². The van der Waals surface area contributed by atoms with Crippen LogP contribution in [0, 0.1) is 11.6 Å². The molecule has 1 heterocycles. The lowest BCUT2D eigenvalue weighted by Crippen LogP contribution is -2.34. The van der Waals surface area contributed by atoms with Crippen molar-refractivity contribution in [3.05, 3.63) is 95.6 Å². The summed E-state index contributed by atoms with van der Waals surface area (Å²) in [4.78, 5) is 13.9. The first-order chi connectivity index (χ1) is 15.3. The van der Waals surface area contributed by atoms with Gasteiger partial charge in [-0.15, -0.1) is 4.40 Å². The van der Waals surface area contributed by atoms with E-state index in [0.29, 0.717) is 23.2 Å². The second-order valence-corrected chi connectivity index (χ2v) is 8.71. The second kappa shape index (κ2) is 8.88. The molecule has 3 aromatic carbocycles. The van der Waals surface area contributed by atoms with Crippen LogP contribution in [-0.4, -0.2) is 33.3 Å². The van der Waals surface area contributed by atoms with Gasteiger partial charge in [-0.1, -0.05) is 18.2 Å². The fourth-order valence-electron chi connectivity index (χ4n) is 3.43. The van der Waals surface area contributed by atoms with Gasteiger partial charge < -0.3 is 10.2 Å². The van der Waals surface area contributed by atoms with Crippen LogP contribution in [0.5, 0.6) is 0 Å². The maximum atomic E-state index is 13.9. The molecule has 4 rings (SSSR count). The van der Waals surface area contributed by atoms with Gasteiger partial charge >= 0.3 is 0 Å². The predicted octanol–water partition coefficient (Wildman–Crippen LogP) is 3.74. The Bertz CT molecular complexity index is 1290. The zero-order valence-electron chi connectivity index (χ0n) is 16.8. The van der Waals surface area contributed by atoms with E-state index in [-0.39, 0.29) is 29.7 Å². The third-order valence-electron chi connectivity index (χ3n) is 4.94. The van der Waals surface area contributed by atoms with Crippen molar-refractivity contribution in [1.29, 1.82) is 0 Å². The smallest absolute Gasteiger partial charge is 0.285 e. The molecule has 0 aromatic heterocycles. The molecule has 0 unspecified atom stereocenters. The molecule has 0 radical (unpaired) electrons. The Hall–Kier alpha value is -3.59. The minimum Gasteiger partial charge on any atom is -0.352 e. The Labute approximate surface area is 184 Å². The van der Waals surface area contributed by atoms with Gasteiger partial charge in [0.25, 0.3) is 15.9 Å². The molecule has 0 saturated heterocycles. The molecule has 1 aliphatic rings. The van der Waals surface area contributed by atoms with E-state index in [1.807, 2.05) is 0 Å². The summed E-state index contributed by atoms with van der Waals surface area (Å²) in [5.41, 5.74) is 1.21. The Kier molecular flexibility index (Phi) is 6.00. The molecule has 9 heteroatoms. The molecule has 0 fully saturated rings. The minimum absolute atomic E-state index is 0.0982. The third-order valence-corrected chi connectivity index (χ3v) is 6.26. The summed E-state index contributed by atoms with van der Waals surface area (Å²) in [6, 6.07) is 17.4. The highest BCUT2D eigenvalue weighted by atomic mass is 32.2. The Morgan fingerprint density at radius 3 is 2.44 bits per heavy atom. The van der Waals surface area contributed by atoms with Crippen molar-refractivity contribution in [2.75, 3.05) is 18.0 Å². The van der Waals surface area contributed by atoms with Crippen molar-refractivity contribution in [2.45, 2.75) is 11.3 Å². The standard InChI is InChI=1S/C23H19F2N3O3S/c24-17-11-9-16(10-12-17)23(29)26-13-4-14-28(19-6-3-5-18(25)15-19)22-20-7-1-2-8-21(20)32(30,31)27-22/h1-3,5-12,15H,4,13-14H2,(H,26,29). The van der Waals surface area contributed by atoms with E-state index in [9.17, 15) is 22.0 Å². The Balaban J connectivity index is 1.53. The van der Waals surface area contributed by atoms with Crippen LogP contribution in [0.2, 0.25) is 0 Å². The highest BCUT2D eigenvalue weighted by molar-refractivity contribution is 7.90. The van der Waals surface area contributed by atoms with Gasteiger partial charge in [-0.3, -0.25) is 4.79 Å². The first-order valence-electron chi connectivity index (χ1n) is 9.86. The number of hydrogen-bond acceptors (Lipinski definition) is 4. The number of carbonyl (C=O) groups is 1. The molecule has 1 amide bonds. The van der Waals surface area contributed by atoms with Gasteiger partial charge in [0.1, 0.15) is 16.5 Å². The van der Waals surface area contributed by atoms with Gasteiger partial charge in [-0.2, -0.15) is 8.42 Å². The van der Waals surface area contributed by atoms with Crippen LogP contribution >= 0.6 is 0 Å². The van der Waals surface area contributed by atoms with E-state index in [4.69, 9.17) is 0 Å². The molecule has 3 aromatic rings. The lowest BCUT2D eigenvalue weighted by Gasteiger charge is -2.25. The van der Waals surface area contributed by atoms with E-state index in [2.05, 4.69) is 9.71 Å². The molecule has 0 atom stereocenters. The van der Waals surface area contributed by atoms with Gasteiger partial charge in [0.2, 0.25) is 0 Å². The Morgan fingerprint density at radius 2 is 1.69 bits per heavy atom. The van der Waals surface area contributed by atoms with Gasteiger partial charge in [-0.25, -0.2) is 8.78 Å². The summed E-state index contributed by atoms with van der Waals surface area (Å²) in [5, 5.41) is 2.74. The summed E-state index contributed by atoms with van der Waals surface area (Å²) in [6.45, 7) is 0.541. The van der Waals surface area contributed by atoms with E-state index >= 15 is 0 Å². The van der Waals surface area contributed by atoms with Crippen LogP contribution in [0.1, 0.15) is 22.3 Å². The summed E-state index contributed by atoms with van der Waals surface area (Å²) in [5.74, 6) is -1.05.